The molecular formula is C29H27NO7. The summed E-state index contributed by atoms with van der Waals surface area (Å²) in [5.74, 6) is -0.344. The molecule has 0 saturated carbocycles. The van der Waals surface area contributed by atoms with Crippen molar-refractivity contribution in [2.24, 2.45) is 0 Å². The molecule has 1 amide bonds. The predicted octanol–water partition coefficient (Wildman–Crippen LogP) is 4.11. The molecule has 1 fully saturated rings. The van der Waals surface area contributed by atoms with Crippen LogP contribution in [0.15, 0.2) is 82.0 Å². The van der Waals surface area contributed by atoms with Crippen LogP contribution in [0.3, 0.4) is 0 Å². The van der Waals surface area contributed by atoms with Gasteiger partial charge < -0.3 is 29.0 Å². The number of amides is 1. The van der Waals surface area contributed by atoms with Gasteiger partial charge in [-0.15, -0.1) is 0 Å². The third-order valence-corrected chi connectivity index (χ3v) is 6.37. The Morgan fingerprint density at radius 1 is 0.973 bits per heavy atom. The Balaban J connectivity index is 1.49. The zero-order valence-electron chi connectivity index (χ0n) is 20.1. The number of likely N-dealkylation sites (tertiary alicyclic amines) is 1. The molecule has 2 N–H and O–H groups in total. The van der Waals surface area contributed by atoms with E-state index in [2.05, 4.69) is 0 Å². The molecule has 0 bridgehead atoms. The van der Waals surface area contributed by atoms with Crippen LogP contribution in [0.25, 0.3) is 22.3 Å². The summed E-state index contributed by atoms with van der Waals surface area (Å²) in [5, 5.41) is 20.7. The van der Waals surface area contributed by atoms with Gasteiger partial charge in [0.05, 0.1) is 6.10 Å². The number of carbonyl (C=O) groups excluding carboxylic acids is 1. The lowest BCUT2D eigenvalue weighted by molar-refractivity contribution is -0.135. The molecule has 1 saturated heterocycles. The number of piperidine rings is 1. The van der Waals surface area contributed by atoms with E-state index in [9.17, 15) is 19.8 Å². The highest BCUT2D eigenvalue weighted by molar-refractivity contribution is 5.90. The molecule has 37 heavy (non-hydrogen) atoms. The summed E-state index contributed by atoms with van der Waals surface area (Å²) in [5.41, 5.74) is 1.28. The van der Waals surface area contributed by atoms with Gasteiger partial charge in [0.1, 0.15) is 23.3 Å². The monoisotopic (exact) mass is 501 g/mol. The second-order valence-corrected chi connectivity index (χ2v) is 8.94. The van der Waals surface area contributed by atoms with E-state index in [4.69, 9.17) is 13.9 Å². The molecular weight excluding hydrogens is 474 g/mol. The number of carbonyl (C=O) groups is 1. The summed E-state index contributed by atoms with van der Waals surface area (Å²) >= 11 is 0. The summed E-state index contributed by atoms with van der Waals surface area (Å²) in [7, 11) is 0. The molecule has 5 rings (SSSR count). The summed E-state index contributed by atoms with van der Waals surface area (Å²) in [6, 6.07) is 21.4. The standard InChI is InChI=1S/C29H27NO7/c31-21-11-13-30(14-12-21)26(33)18-36-29-25(35-17-19-7-3-1-4-8-19)16-24-27(28(29)34)22(32)15-23(37-24)20-9-5-2-6-10-20/h1-10,15-16,21,31,34H,11-14,17-18H2. The average Bonchev–Trinajstić information content (AvgIpc) is 2.92. The molecule has 4 aromatic rings. The van der Waals surface area contributed by atoms with Gasteiger partial charge in [-0.1, -0.05) is 60.7 Å². The van der Waals surface area contributed by atoms with Gasteiger partial charge in [-0.25, -0.2) is 0 Å². The Morgan fingerprint density at radius 2 is 1.65 bits per heavy atom. The van der Waals surface area contributed by atoms with Crippen molar-refractivity contribution in [1.82, 2.24) is 4.90 Å². The molecule has 0 radical (unpaired) electrons. The summed E-state index contributed by atoms with van der Waals surface area (Å²) in [4.78, 5) is 27.4. The molecule has 0 atom stereocenters. The molecule has 190 valence electrons. The van der Waals surface area contributed by atoms with Crippen LogP contribution in [0.1, 0.15) is 18.4 Å². The van der Waals surface area contributed by atoms with Gasteiger partial charge in [0, 0.05) is 30.8 Å². The van der Waals surface area contributed by atoms with Gasteiger partial charge in [0.25, 0.3) is 5.91 Å². The lowest BCUT2D eigenvalue weighted by Crippen LogP contribution is -2.42. The Bertz CT molecular complexity index is 1440. The first kappa shape index (κ1) is 24.4. The summed E-state index contributed by atoms with van der Waals surface area (Å²) in [6.07, 6.45) is 0.597. The predicted molar refractivity (Wildman–Crippen MR) is 138 cm³/mol. The highest BCUT2D eigenvalue weighted by Gasteiger charge is 2.25. The van der Waals surface area contributed by atoms with E-state index in [1.165, 1.54) is 12.1 Å². The van der Waals surface area contributed by atoms with E-state index >= 15 is 0 Å². The number of hydrogen-bond donors (Lipinski definition) is 2. The molecule has 3 aromatic carbocycles. The van der Waals surface area contributed by atoms with Gasteiger partial charge in [-0.3, -0.25) is 9.59 Å². The fourth-order valence-corrected chi connectivity index (χ4v) is 4.33. The second kappa shape index (κ2) is 10.8. The fraction of sp³-hybridized carbons (Fsp3) is 0.241. The van der Waals surface area contributed by atoms with Gasteiger partial charge in [-0.2, -0.15) is 0 Å². The van der Waals surface area contributed by atoms with Crippen molar-refractivity contribution < 1.29 is 28.9 Å². The van der Waals surface area contributed by atoms with E-state index in [0.29, 0.717) is 37.3 Å². The maximum Gasteiger partial charge on any atom is 0.260 e. The number of phenolic OH excluding ortho intramolecular Hbond substituents is 1. The number of rotatable bonds is 7. The molecule has 8 nitrogen and oxygen atoms in total. The lowest BCUT2D eigenvalue weighted by atomic mass is 10.1. The first-order valence-corrected chi connectivity index (χ1v) is 12.1. The first-order chi connectivity index (χ1) is 18.0. The number of aliphatic hydroxyl groups excluding tert-OH is 1. The van der Waals surface area contributed by atoms with Crippen molar-refractivity contribution in [3.05, 3.63) is 88.6 Å². The quantitative estimate of drug-likeness (QED) is 0.392. The van der Waals surface area contributed by atoms with Gasteiger partial charge in [0.2, 0.25) is 5.75 Å². The van der Waals surface area contributed by atoms with E-state index < -0.39 is 17.3 Å². The Kier molecular flexibility index (Phi) is 7.09. The Morgan fingerprint density at radius 3 is 2.35 bits per heavy atom. The summed E-state index contributed by atoms with van der Waals surface area (Å²) < 4.78 is 17.7. The van der Waals surface area contributed by atoms with Crippen LogP contribution >= 0.6 is 0 Å². The molecule has 8 heteroatoms. The molecule has 2 heterocycles. The zero-order valence-corrected chi connectivity index (χ0v) is 20.1. The Hall–Kier alpha value is -4.30. The number of fused-ring (bicyclic) bond motifs is 1. The van der Waals surface area contributed by atoms with Crippen molar-refractivity contribution >= 4 is 16.9 Å². The maximum absolute atomic E-state index is 13.0. The maximum atomic E-state index is 13.0. The highest BCUT2D eigenvalue weighted by atomic mass is 16.5. The van der Waals surface area contributed by atoms with Crippen molar-refractivity contribution in [1.29, 1.82) is 0 Å². The van der Waals surface area contributed by atoms with Crippen LogP contribution < -0.4 is 14.9 Å². The molecule has 0 aliphatic carbocycles. The molecule has 1 aliphatic rings. The van der Waals surface area contributed by atoms with Crippen molar-refractivity contribution in [3.8, 4) is 28.6 Å². The van der Waals surface area contributed by atoms with Gasteiger partial charge >= 0.3 is 0 Å². The molecule has 1 aromatic heterocycles. The lowest BCUT2D eigenvalue weighted by Gasteiger charge is -2.29. The third-order valence-electron chi connectivity index (χ3n) is 6.37. The molecule has 0 spiro atoms. The second-order valence-electron chi connectivity index (χ2n) is 8.94. The number of aliphatic hydroxyl groups is 1. The number of aromatic hydroxyl groups is 1. The van der Waals surface area contributed by atoms with E-state index in [0.717, 1.165) is 5.56 Å². The third kappa shape index (κ3) is 5.44. The van der Waals surface area contributed by atoms with Crippen molar-refractivity contribution in [3.63, 3.8) is 0 Å². The van der Waals surface area contributed by atoms with Crippen LogP contribution in [0.4, 0.5) is 0 Å². The normalized spacial score (nSPS) is 14.0. The van der Waals surface area contributed by atoms with Crippen LogP contribution in [-0.4, -0.2) is 46.8 Å². The Labute approximate surface area is 213 Å². The van der Waals surface area contributed by atoms with Crippen LogP contribution in [0, 0.1) is 0 Å². The minimum absolute atomic E-state index is 0.0599. The average molecular weight is 502 g/mol. The minimum atomic E-state index is -0.451. The number of phenols is 1. The van der Waals surface area contributed by atoms with Crippen LogP contribution in [0.2, 0.25) is 0 Å². The topological polar surface area (TPSA) is 109 Å². The molecule has 0 unspecified atom stereocenters. The molecule has 1 aliphatic heterocycles. The van der Waals surface area contributed by atoms with Crippen LogP contribution in [-0.2, 0) is 11.4 Å². The number of benzene rings is 3. The number of ether oxygens (including phenoxy) is 2. The van der Waals surface area contributed by atoms with E-state index in [1.54, 1.807) is 4.90 Å². The first-order valence-electron chi connectivity index (χ1n) is 12.1. The van der Waals surface area contributed by atoms with Crippen molar-refractivity contribution in [2.45, 2.75) is 25.6 Å². The fourth-order valence-electron chi connectivity index (χ4n) is 4.33. The SMILES string of the molecule is O=C(COc1c(OCc2ccccc2)cc2oc(-c3ccccc3)cc(=O)c2c1O)N1CCC(O)CC1. The highest BCUT2D eigenvalue weighted by Crippen LogP contribution is 2.43. The number of nitrogens with zero attached hydrogens (tertiary/aromatic N) is 1. The number of hydrogen-bond acceptors (Lipinski definition) is 7. The smallest absolute Gasteiger partial charge is 0.260 e. The largest absolute Gasteiger partial charge is 0.504 e. The van der Waals surface area contributed by atoms with E-state index in [-0.39, 0.29) is 41.6 Å². The minimum Gasteiger partial charge on any atom is -0.504 e. The van der Waals surface area contributed by atoms with Crippen molar-refractivity contribution in [2.75, 3.05) is 19.7 Å². The summed E-state index contributed by atoms with van der Waals surface area (Å²) in [6.45, 7) is 0.666. The zero-order chi connectivity index (χ0) is 25.8. The van der Waals surface area contributed by atoms with E-state index in [1.807, 2.05) is 60.7 Å². The van der Waals surface area contributed by atoms with Crippen LogP contribution in [0.5, 0.6) is 17.2 Å². The van der Waals surface area contributed by atoms with Gasteiger partial charge in [-0.05, 0) is 18.4 Å². The van der Waals surface area contributed by atoms with Gasteiger partial charge in [0.15, 0.2) is 23.5 Å².